The first-order chi connectivity index (χ1) is 8.05. The standard InChI is InChI=1S/C12H15BrN2O2/c1-17-10-4-3-8(13)7-9(10)15-11(16)12(14)5-2-6-12/h3-4,7H,2,5-6,14H2,1H3,(H,15,16). The molecule has 1 fully saturated rings. The molecular formula is C12H15BrN2O2. The van der Waals surface area contributed by atoms with Crippen molar-refractivity contribution in [2.75, 3.05) is 12.4 Å². The summed E-state index contributed by atoms with van der Waals surface area (Å²) in [5, 5.41) is 2.83. The highest BCUT2D eigenvalue weighted by Crippen LogP contribution is 2.33. The summed E-state index contributed by atoms with van der Waals surface area (Å²) in [7, 11) is 1.57. The van der Waals surface area contributed by atoms with Crippen molar-refractivity contribution < 1.29 is 9.53 Å². The van der Waals surface area contributed by atoms with Gasteiger partial charge in [-0.3, -0.25) is 4.79 Å². The van der Waals surface area contributed by atoms with Gasteiger partial charge in [0.15, 0.2) is 0 Å². The molecule has 5 heteroatoms. The molecule has 0 spiro atoms. The first-order valence-corrected chi connectivity index (χ1v) is 6.28. The maximum atomic E-state index is 12.0. The van der Waals surface area contributed by atoms with Gasteiger partial charge in [0.1, 0.15) is 5.75 Å². The van der Waals surface area contributed by atoms with Gasteiger partial charge in [-0.05, 0) is 37.5 Å². The second-order valence-corrected chi connectivity index (χ2v) is 5.22. The molecule has 0 saturated heterocycles. The Balaban J connectivity index is 2.17. The van der Waals surface area contributed by atoms with Crippen LogP contribution in [0.25, 0.3) is 0 Å². The third kappa shape index (κ3) is 2.45. The van der Waals surface area contributed by atoms with E-state index in [9.17, 15) is 4.79 Å². The van der Waals surface area contributed by atoms with Gasteiger partial charge in [-0.2, -0.15) is 0 Å². The summed E-state index contributed by atoms with van der Waals surface area (Å²) in [4.78, 5) is 12.0. The lowest BCUT2D eigenvalue weighted by atomic mass is 9.77. The van der Waals surface area contributed by atoms with Crippen molar-refractivity contribution in [1.29, 1.82) is 0 Å². The smallest absolute Gasteiger partial charge is 0.244 e. The van der Waals surface area contributed by atoms with Crippen LogP contribution in [0.2, 0.25) is 0 Å². The van der Waals surface area contributed by atoms with E-state index in [2.05, 4.69) is 21.2 Å². The number of amides is 1. The quantitative estimate of drug-likeness (QED) is 0.900. The fraction of sp³-hybridized carbons (Fsp3) is 0.417. The van der Waals surface area contributed by atoms with Crippen molar-refractivity contribution in [1.82, 2.24) is 0 Å². The summed E-state index contributed by atoms with van der Waals surface area (Å²) in [6, 6.07) is 5.46. The molecule has 1 saturated carbocycles. The van der Waals surface area contributed by atoms with Gasteiger partial charge in [0.05, 0.1) is 18.3 Å². The fourth-order valence-electron chi connectivity index (χ4n) is 1.81. The van der Waals surface area contributed by atoms with E-state index < -0.39 is 5.54 Å². The maximum Gasteiger partial charge on any atom is 0.244 e. The zero-order valence-electron chi connectivity index (χ0n) is 9.63. The van der Waals surface area contributed by atoms with Crippen molar-refractivity contribution in [3.63, 3.8) is 0 Å². The molecular weight excluding hydrogens is 284 g/mol. The summed E-state index contributed by atoms with van der Waals surface area (Å²) in [5.74, 6) is 0.490. The molecule has 0 radical (unpaired) electrons. The van der Waals surface area contributed by atoms with Gasteiger partial charge >= 0.3 is 0 Å². The van der Waals surface area contributed by atoms with Crippen LogP contribution in [0.15, 0.2) is 22.7 Å². The molecule has 1 aromatic rings. The van der Waals surface area contributed by atoms with Crippen LogP contribution >= 0.6 is 15.9 Å². The van der Waals surface area contributed by atoms with Crippen LogP contribution in [0.5, 0.6) is 5.75 Å². The minimum atomic E-state index is -0.701. The van der Waals surface area contributed by atoms with Crippen LogP contribution in [0.4, 0.5) is 5.69 Å². The lowest BCUT2D eigenvalue weighted by Crippen LogP contribution is -2.56. The SMILES string of the molecule is COc1ccc(Br)cc1NC(=O)C1(N)CCC1. The summed E-state index contributed by atoms with van der Waals surface area (Å²) in [6.07, 6.45) is 2.50. The van der Waals surface area contributed by atoms with Crippen molar-refractivity contribution >= 4 is 27.5 Å². The second-order valence-electron chi connectivity index (χ2n) is 4.31. The number of methoxy groups -OCH3 is 1. The van der Waals surface area contributed by atoms with E-state index in [0.717, 1.165) is 23.7 Å². The minimum Gasteiger partial charge on any atom is -0.495 e. The molecule has 17 heavy (non-hydrogen) atoms. The predicted octanol–water partition coefficient (Wildman–Crippen LogP) is 2.28. The summed E-state index contributed by atoms with van der Waals surface area (Å²) in [6.45, 7) is 0. The number of anilines is 1. The summed E-state index contributed by atoms with van der Waals surface area (Å²) in [5.41, 5.74) is 5.90. The Labute approximate surface area is 109 Å². The Morgan fingerprint density at radius 3 is 2.76 bits per heavy atom. The molecule has 0 heterocycles. The number of carbonyl (C=O) groups excluding carboxylic acids is 1. The van der Waals surface area contributed by atoms with Crippen LogP contribution in [-0.4, -0.2) is 18.6 Å². The fourth-order valence-corrected chi connectivity index (χ4v) is 2.17. The highest BCUT2D eigenvalue weighted by Gasteiger charge is 2.40. The van der Waals surface area contributed by atoms with Crippen LogP contribution in [0.1, 0.15) is 19.3 Å². The molecule has 92 valence electrons. The molecule has 1 amide bonds. The van der Waals surface area contributed by atoms with Crippen molar-refractivity contribution in [3.8, 4) is 5.75 Å². The molecule has 0 atom stereocenters. The summed E-state index contributed by atoms with van der Waals surface area (Å²) < 4.78 is 6.07. The van der Waals surface area contributed by atoms with Gasteiger partial charge in [0.2, 0.25) is 5.91 Å². The zero-order chi connectivity index (χ0) is 12.5. The van der Waals surface area contributed by atoms with Crippen LogP contribution in [-0.2, 0) is 4.79 Å². The van der Waals surface area contributed by atoms with Crippen LogP contribution < -0.4 is 15.8 Å². The van der Waals surface area contributed by atoms with Gasteiger partial charge in [0.25, 0.3) is 0 Å². The number of benzene rings is 1. The number of rotatable bonds is 3. The van der Waals surface area contributed by atoms with E-state index in [1.807, 2.05) is 6.07 Å². The molecule has 2 rings (SSSR count). The molecule has 3 N–H and O–H groups in total. The van der Waals surface area contributed by atoms with Crippen molar-refractivity contribution in [2.24, 2.45) is 5.73 Å². The second kappa shape index (κ2) is 4.66. The van der Waals surface area contributed by atoms with E-state index in [1.165, 1.54) is 0 Å². The van der Waals surface area contributed by atoms with E-state index in [0.29, 0.717) is 11.4 Å². The molecule has 0 bridgehead atoms. The number of halogens is 1. The Morgan fingerprint density at radius 1 is 1.53 bits per heavy atom. The Morgan fingerprint density at radius 2 is 2.24 bits per heavy atom. The molecule has 0 unspecified atom stereocenters. The molecule has 4 nitrogen and oxygen atoms in total. The topological polar surface area (TPSA) is 64.3 Å². The first-order valence-electron chi connectivity index (χ1n) is 5.49. The number of hydrogen-bond donors (Lipinski definition) is 2. The number of nitrogens with two attached hydrogens (primary N) is 1. The van der Waals surface area contributed by atoms with Crippen LogP contribution in [0, 0.1) is 0 Å². The van der Waals surface area contributed by atoms with E-state index in [1.54, 1.807) is 19.2 Å². The molecule has 1 aliphatic carbocycles. The lowest BCUT2D eigenvalue weighted by molar-refractivity contribution is -0.123. The normalized spacial score (nSPS) is 17.1. The summed E-state index contributed by atoms with van der Waals surface area (Å²) >= 11 is 3.36. The third-order valence-corrected chi connectivity index (χ3v) is 3.60. The van der Waals surface area contributed by atoms with E-state index in [-0.39, 0.29) is 5.91 Å². The van der Waals surface area contributed by atoms with Gasteiger partial charge in [-0.1, -0.05) is 15.9 Å². The molecule has 1 aliphatic rings. The largest absolute Gasteiger partial charge is 0.495 e. The monoisotopic (exact) mass is 298 g/mol. The molecule has 1 aromatic carbocycles. The Hall–Kier alpha value is -1.07. The highest BCUT2D eigenvalue weighted by atomic mass is 79.9. The van der Waals surface area contributed by atoms with E-state index >= 15 is 0 Å². The van der Waals surface area contributed by atoms with Crippen LogP contribution in [0.3, 0.4) is 0 Å². The third-order valence-electron chi connectivity index (χ3n) is 3.11. The minimum absolute atomic E-state index is 0.139. The zero-order valence-corrected chi connectivity index (χ0v) is 11.2. The van der Waals surface area contributed by atoms with Gasteiger partial charge in [0, 0.05) is 4.47 Å². The number of nitrogens with one attached hydrogen (secondary N) is 1. The predicted molar refractivity (Wildman–Crippen MR) is 70.1 cm³/mol. The van der Waals surface area contributed by atoms with Crippen molar-refractivity contribution in [3.05, 3.63) is 22.7 Å². The highest BCUT2D eigenvalue weighted by molar-refractivity contribution is 9.10. The lowest BCUT2D eigenvalue weighted by Gasteiger charge is -2.36. The number of ether oxygens (including phenoxy) is 1. The average molecular weight is 299 g/mol. The number of hydrogen-bond acceptors (Lipinski definition) is 3. The molecule has 0 aromatic heterocycles. The maximum absolute atomic E-state index is 12.0. The Kier molecular flexibility index (Phi) is 3.40. The van der Waals surface area contributed by atoms with Gasteiger partial charge in [-0.15, -0.1) is 0 Å². The van der Waals surface area contributed by atoms with E-state index in [4.69, 9.17) is 10.5 Å². The average Bonchev–Trinajstić information content (AvgIpc) is 2.26. The first kappa shape index (κ1) is 12.4. The Bertz CT molecular complexity index is 444. The van der Waals surface area contributed by atoms with Crippen molar-refractivity contribution in [2.45, 2.75) is 24.8 Å². The van der Waals surface area contributed by atoms with Gasteiger partial charge < -0.3 is 15.8 Å². The number of carbonyl (C=O) groups is 1. The molecule has 0 aliphatic heterocycles. The van der Waals surface area contributed by atoms with Gasteiger partial charge in [-0.25, -0.2) is 0 Å².